The lowest BCUT2D eigenvalue weighted by Crippen LogP contribution is -2.48. The number of nitrogens with two attached hydrogens (primary N) is 1. The first kappa shape index (κ1) is 14.9. The van der Waals surface area contributed by atoms with Gasteiger partial charge in [0, 0.05) is 20.1 Å². The van der Waals surface area contributed by atoms with Crippen molar-refractivity contribution in [2.45, 2.75) is 44.9 Å². The summed E-state index contributed by atoms with van der Waals surface area (Å²) in [6.45, 7) is 4.62. The van der Waals surface area contributed by atoms with E-state index in [1.54, 1.807) is 18.9 Å². The van der Waals surface area contributed by atoms with Crippen LogP contribution in [-0.4, -0.2) is 55.1 Å². The molecule has 18 heavy (non-hydrogen) atoms. The van der Waals surface area contributed by atoms with Crippen molar-refractivity contribution in [3.05, 3.63) is 0 Å². The summed E-state index contributed by atoms with van der Waals surface area (Å²) < 4.78 is 5.48. The van der Waals surface area contributed by atoms with Gasteiger partial charge in [0.15, 0.2) is 0 Å². The summed E-state index contributed by atoms with van der Waals surface area (Å²) >= 11 is 0. The number of amides is 2. The summed E-state index contributed by atoms with van der Waals surface area (Å²) in [5, 5.41) is 2.69. The van der Waals surface area contributed by atoms with Crippen molar-refractivity contribution in [3.63, 3.8) is 0 Å². The van der Waals surface area contributed by atoms with Gasteiger partial charge in [-0.3, -0.25) is 9.59 Å². The summed E-state index contributed by atoms with van der Waals surface area (Å²) in [6.07, 6.45) is 0.954. The highest BCUT2D eigenvalue weighted by molar-refractivity contribution is 5.89. The second-order valence-corrected chi connectivity index (χ2v) is 4.64. The third kappa shape index (κ3) is 3.68. The maximum absolute atomic E-state index is 11.9. The van der Waals surface area contributed by atoms with Crippen molar-refractivity contribution in [2.24, 2.45) is 5.73 Å². The molecule has 0 aliphatic carbocycles. The Balaban J connectivity index is 2.43. The van der Waals surface area contributed by atoms with E-state index in [4.69, 9.17) is 10.5 Å². The molecule has 0 radical (unpaired) electrons. The van der Waals surface area contributed by atoms with Gasteiger partial charge in [-0.15, -0.1) is 0 Å². The summed E-state index contributed by atoms with van der Waals surface area (Å²) in [6, 6.07) is -0.525. The lowest BCUT2D eigenvalue weighted by Gasteiger charge is -2.22. The fraction of sp³-hybridized carbons (Fsp3) is 0.833. The number of hydrogen-bond acceptors (Lipinski definition) is 4. The summed E-state index contributed by atoms with van der Waals surface area (Å²) in [5.41, 5.74) is 5.49. The van der Waals surface area contributed by atoms with Crippen molar-refractivity contribution >= 4 is 11.8 Å². The second kappa shape index (κ2) is 6.70. The van der Waals surface area contributed by atoms with Gasteiger partial charge >= 0.3 is 0 Å². The number of nitrogens with zero attached hydrogens (tertiary/aromatic N) is 1. The van der Waals surface area contributed by atoms with Crippen molar-refractivity contribution in [2.75, 3.05) is 20.1 Å². The molecule has 104 valence electrons. The van der Waals surface area contributed by atoms with Gasteiger partial charge < -0.3 is 20.7 Å². The standard InChI is InChI=1S/C12H23N3O3/c1-4-15(3)12(17)8(2)14-11(16)10-6-5-9(7-13)18-10/h8-10H,4-7,13H2,1-3H3,(H,14,16). The summed E-state index contributed by atoms with van der Waals surface area (Å²) in [7, 11) is 1.71. The maximum atomic E-state index is 11.9. The van der Waals surface area contributed by atoms with Crippen molar-refractivity contribution in [1.82, 2.24) is 10.2 Å². The molecule has 0 bridgehead atoms. The van der Waals surface area contributed by atoms with Gasteiger partial charge in [-0.25, -0.2) is 0 Å². The zero-order chi connectivity index (χ0) is 13.7. The van der Waals surface area contributed by atoms with Gasteiger partial charge in [-0.2, -0.15) is 0 Å². The van der Waals surface area contributed by atoms with Gasteiger partial charge in [-0.05, 0) is 26.7 Å². The van der Waals surface area contributed by atoms with E-state index >= 15 is 0 Å². The third-order valence-electron chi connectivity index (χ3n) is 3.24. The number of rotatable bonds is 5. The first-order chi connectivity index (χ1) is 8.49. The number of nitrogens with one attached hydrogen (secondary N) is 1. The Morgan fingerprint density at radius 3 is 2.67 bits per heavy atom. The van der Waals surface area contributed by atoms with Crippen LogP contribution in [0.15, 0.2) is 0 Å². The molecule has 3 unspecified atom stereocenters. The third-order valence-corrected chi connectivity index (χ3v) is 3.24. The van der Waals surface area contributed by atoms with Crippen molar-refractivity contribution in [1.29, 1.82) is 0 Å². The van der Waals surface area contributed by atoms with E-state index in [0.717, 1.165) is 6.42 Å². The molecule has 1 saturated heterocycles. The molecule has 1 aliphatic rings. The number of carbonyl (C=O) groups is 2. The number of ether oxygens (including phenoxy) is 1. The molecular weight excluding hydrogens is 234 g/mol. The van der Waals surface area contributed by atoms with Crippen LogP contribution in [0.5, 0.6) is 0 Å². The van der Waals surface area contributed by atoms with Crippen LogP contribution in [0.25, 0.3) is 0 Å². The molecule has 1 heterocycles. The molecule has 0 spiro atoms. The Kier molecular flexibility index (Phi) is 5.55. The second-order valence-electron chi connectivity index (χ2n) is 4.64. The van der Waals surface area contributed by atoms with Crippen LogP contribution in [0.4, 0.5) is 0 Å². The molecule has 3 N–H and O–H groups in total. The normalized spacial score (nSPS) is 24.7. The molecule has 6 heteroatoms. The zero-order valence-electron chi connectivity index (χ0n) is 11.3. The molecule has 0 aromatic rings. The Hall–Kier alpha value is -1.14. The Bertz CT molecular complexity index is 309. The van der Waals surface area contributed by atoms with Crippen LogP contribution in [0.1, 0.15) is 26.7 Å². The fourth-order valence-electron chi connectivity index (χ4n) is 1.93. The highest BCUT2D eigenvalue weighted by Gasteiger charge is 2.31. The van der Waals surface area contributed by atoms with Crippen molar-refractivity contribution < 1.29 is 14.3 Å². The number of hydrogen-bond donors (Lipinski definition) is 2. The van der Waals surface area contributed by atoms with Gasteiger partial charge in [0.05, 0.1) is 6.10 Å². The predicted octanol–water partition coefficient (Wildman–Crippen LogP) is -0.524. The van der Waals surface area contributed by atoms with Crippen LogP contribution in [-0.2, 0) is 14.3 Å². The van der Waals surface area contributed by atoms with Gasteiger partial charge in [0.2, 0.25) is 11.8 Å². The van der Waals surface area contributed by atoms with E-state index in [9.17, 15) is 9.59 Å². The topological polar surface area (TPSA) is 84.7 Å². The summed E-state index contributed by atoms with van der Waals surface area (Å²) in [4.78, 5) is 25.3. The highest BCUT2D eigenvalue weighted by atomic mass is 16.5. The highest BCUT2D eigenvalue weighted by Crippen LogP contribution is 2.18. The largest absolute Gasteiger partial charge is 0.364 e. The van der Waals surface area contributed by atoms with Gasteiger partial charge in [0.25, 0.3) is 0 Å². The minimum atomic E-state index is -0.525. The average Bonchev–Trinajstić information content (AvgIpc) is 2.85. The van der Waals surface area contributed by atoms with E-state index in [-0.39, 0.29) is 17.9 Å². The fourth-order valence-corrected chi connectivity index (χ4v) is 1.93. The smallest absolute Gasteiger partial charge is 0.249 e. The summed E-state index contributed by atoms with van der Waals surface area (Å²) in [5.74, 6) is -0.324. The molecule has 3 atom stereocenters. The zero-order valence-corrected chi connectivity index (χ0v) is 11.3. The maximum Gasteiger partial charge on any atom is 0.249 e. The molecular formula is C12H23N3O3. The molecule has 1 fully saturated rings. The lowest BCUT2D eigenvalue weighted by atomic mass is 10.2. The van der Waals surface area contributed by atoms with Crippen LogP contribution in [0.3, 0.4) is 0 Å². The van der Waals surface area contributed by atoms with E-state index in [0.29, 0.717) is 19.5 Å². The van der Waals surface area contributed by atoms with Gasteiger partial charge in [-0.1, -0.05) is 0 Å². The van der Waals surface area contributed by atoms with Crippen molar-refractivity contribution in [3.8, 4) is 0 Å². The van der Waals surface area contributed by atoms with Crippen LogP contribution in [0.2, 0.25) is 0 Å². The van der Waals surface area contributed by atoms with Gasteiger partial charge in [0.1, 0.15) is 12.1 Å². The van der Waals surface area contributed by atoms with E-state index < -0.39 is 12.1 Å². The number of likely N-dealkylation sites (N-methyl/N-ethyl adjacent to an activating group) is 1. The molecule has 0 aromatic heterocycles. The molecule has 2 amide bonds. The van der Waals surface area contributed by atoms with E-state index in [1.165, 1.54) is 0 Å². The minimum absolute atomic E-state index is 0.0370. The van der Waals surface area contributed by atoms with Crippen LogP contribution in [0, 0.1) is 0 Å². The lowest BCUT2D eigenvalue weighted by molar-refractivity contribution is -0.138. The minimum Gasteiger partial charge on any atom is -0.364 e. The van der Waals surface area contributed by atoms with E-state index in [2.05, 4.69) is 5.32 Å². The first-order valence-electron chi connectivity index (χ1n) is 6.40. The molecule has 0 saturated carbocycles. The van der Waals surface area contributed by atoms with Crippen LogP contribution >= 0.6 is 0 Å². The Labute approximate surface area is 108 Å². The SMILES string of the molecule is CCN(C)C(=O)C(C)NC(=O)C1CCC(CN)O1. The van der Waals surface area contributed by atoms with E-state index in [1.807, 2.05) is 6.92 Å². The molecule has 0 aromatic carbocycles. The monoisotopic (exact) mass is 257 g/mol. The molecule has 1 aliphatic heterocycles. The first-order valence-corrected chi connectivity index (χ1v) is 6.40. The molecule has 1 rings (SSSR count). The Morgan fingerprint density at radius 2 is 2.17 bits per heavy atom. The average molecular weight is 257 g/mol. The van der Waals surface area contributed by atoms with Crippen LogP contribution < -0.4 is 11.1 Å². The quantitative estimate of drug-likeness (QED) is 0.694. The predicted molar refractivity (Wildman–Crippen MR) is 67.9 cm³/mol. The Morgan fingerprint density at radius 1 is 1.50 bits per heavy atom. The molecule has 6 nitrogen and oxygen atoms in total. The number of carbonyl (C=O) groups excluding carboxylic acids is 2.